The summed E-state index contributed by atoms with van der Waals surface area (Å²) in [5.74, 6) is 0.0111. The molecule has 3 aromatic rings. The molecule has 0 atom stereocenters. The number of ether oxygens (including phenoxy) is 1. The van der Waals surface area contributed by atoms with Crippen LogP contribution in [0.4, 0.5) is 13.2 Å². The minimum atomic E-state index is -4.50. The molecule has 0 spiro atoms. The summed E-state index contributed by atoms with van der Waals surface area (Å²) >= 11 is 5.87. The first-order chi connectivity index (χ1) is 13.2. The summed E-state index contributed by atoms with van der Waals surface area (Å²) in [7, 11) is 0. The monoisotopic (exact) mass is 410 g/mol. The van der Waals surface area contributed by atoms with Crippen molar-refractivity contribution in [1.82, 2.24) is 10.1 Å². The highest BCUT2D eigenvalue weighted by Gasteiger charge is 2.29. The van der Waals surface area contributed by atoms with Crippen LogP contribution in [0.5, 0.6) is 5.88 Å². The van der Waals surface area contributed by atoms with Gasteiger partial charge in [0.1, 0.15) is 11.5 Å². The average Bonchev–Trinajstić information content (AvgIpc) is 3.07. The fraction of sp³-hybridized carbons (Fsp3) is 0.211. The number of pyridine rings is 1. The van der Waals surface area contributed by atoms with Crippen LogP contribution in [0, 0.1) is 6.92 Å². The number of aryl methyl sites for hydroxylation is 1. The first-order valence-electron chi connectivity index (χ1n) is 8.12. The molecular weight excluding hydrogens is 397 g/mol. The van der Waals surface area contributed by atoms with E-state index in [9.17, 15) is 18.0 Å². The van der Waals surface area contributed by atoms with Gasteiger partial charge in [0, 0.05) is 29.3 Å². The second-order valence-corrected chi connectivity index (χ2v) is 6.47. The molecular formula is C19H14ClF3N2O3. The maximum atomic E-state index is 12.5. The maximum Gasteiger partial charge on any atom is 0.422 e. The molecule has 0 radical (unpaired) electrons. The van der Waals surface area contributed by atoms with Gasteiger partial charge in [-0.1, -0.05) is 28.9 Å². The predicted octanol–water partition coefficient (Wildman–Crippen LogP) is 5.06. The van der Waals surface area contributed by atoms with Gasteiger partial charge in [0.05, 0.1) is 0 Å². The topological polar surface area (TPSA) is 65.2 Å². The second-order valence-electron chi connectivity index (χ2n) is 6.03. The van der Waals surface area contributed by atoms with Crippen LogP contribution in [0.25, 0.3) is 11.1 Å². The minimum absolute atomic E-state index is 0.0425. The van der Waals surface area contributed by atoms with Crippen molar-refractivity contribution in [1.29, 1.82) is 0 Å². The smallest absolute Gasteiger partial charge is 0.422 e. The van der Waals surface area contributed by atoms with Crippen LogP contribution >= 0.6 is 11.6 Å². The zero-order chi connectivity index (χ0) is 20.3. The van der Waals surface area contributed by atoms with Crippen LogP contribution in [0.15, 0.2) is 47.1 Å². The summed E-state index contributed by atoms with van der Waals surface area (Å²) in [4.78, 5) is 16.3. The molecule has 0 N–H and O–H groups in total. The van der Waals surface area contributed by atoms with Gasteiger partial charge in [-0.25, -0.2) is 4.98 Å². The Morgan fingerprint density at radius 2 is 1.93 bits per heavy atom. The van der Waals surface area contributed by atoms with E-state index in [1.54, 1.807) is 37.3 Å². The molecule has 146 valence electrons. The summed E-state index contributed by atoms with van der Waals surface area (Å²) in [5.41, 5.74) is 1.54. The third-order valence-corrected chi connectivity index (χ3v) is 3.97. The van der Waals surface area contributed by atoms with Gasteiger partial charge >= 0.3 is 6.18 Å². The van der Waals surface area contributed by atoms with Crippen molar-refractivity contribution in [2.45, 2.75) is 19.5 Å². The number of nitrogens with zero attached hydrogens (tertiary/aromatic N) is 2. The van der Waals surface area contributed by atoms with E-state index in [1.807, 2.05) is 0 Å². The Kier molecular flexibility index (Phi) is 5.69. The molecule has 9 heteroatoms. The number of rotatable bonds is 6. The largest absolute Gasteiger partial charge is 0.468 e. The van der Waals surface area contributed by atoms with Crippen LogP contribution in [-0.2, 0) is 6.42 Å². The maximum absolute atomic E-state index is 12.5. The lowest BCUT2D eigenvalue weighted by Gasteiger charge is -2.13. The quantitative estimate of drug-likeness (QED) is 0.531. The SMILES string of the molecule is Cc1cc(C(=O)Cc2cnc(OCC(F)(F)F)c(-c3ccc(Cl)cc3)c2)no1. The number of hydrogen-bond acceptors (Lipinski definition) is 5. The molecule has 2 aromatic heterocycles. The van der Waals surface area contributed by atoms with E-state index < -0.39 is 12.8 Å². The van der Waals surface area contributed by atoms with E-state index in [2.05, 4.69) is 10.1 Å². The zero-order valence-electron chi connectivity index (χ0n) is 14.6. The summed E-state index contributed by atoms with van der Waals surface area (Å²) in [6.45, 7) is 0.188. The third kappa shape index (κ3) is 5.10. The molecule has 2 heterocycles. The number of Topliss-reactive ketones (excluding diaryl/α,β-unsaturated/α-hetero) is 1. The van der Waals surface area contributed by atoms with Crippen molar-refractivity contribution in [2.24, 2.45) is 0 Å². The lowest BCUT2D eigenvalue weighted by atomic mass is 10.0. The van der Waals surface area contributed by atoms with Crippen LogP contribution in [0.3, 0.4) is 0 Å². The van der Waals surface area contributed by atoms with Gasteiger partial charge in [-0.3, -0.25) is 4.79 Å². The number of aromatic nitrogens is 2. The summed E-state index contributed by atoms with van der Waals surface area (Å²) in [6.07, 6.45) is -3.24. The molecule has 3 rings (SSSR count). The van der Waals surface area contributed by atoms with Crippen LogP contribution < -0.4 is 4.74 Å². The summed E-state index contributed by atoms with van der Waals surface area (Å²) in [5, 5.41) is 4.14. The van der Waals surface area contributed by atoms with Crippen molar-refractivity contribution in [3.05, 3.63) is 64.6 Å². The Morgan fingerprint density at radius 1 is 1.21 bits per heavy atom. The second kappa shape index (κ2) is 8.02. The number of halogens is 4. The lowest BCUT2D eigenvalue weighted by Crippen LogP contribution is -2.20. The third-order valence-electron chi connectivity index (χ3n) is 3.71. The summed E-state index contributed by atoms with van der Waals surface area (Å²) < 4.78 is 47.4. The standard InChI is InChI=1S/C19H14ClF3N2O3/c1-11-6-16(25-28-11)17(26)8-12-7-15(13-2-4-14(20)5-3-13)18(24-9-12)27-10-19(21,22)23/h2-7,9H,8,10H2,1H3. The van der Waals surface area contributed by atoms with Gasteiger partial charge in [0.2, 0.25) is 5.88 Å². The molecule has 0 aliphatic carbocycles. The first kappa shape index (κ1) is 19.9. The number of carbonyl (C=O) groups is 1. The molecule has 5 nitrogen and oxygen atoms in total. The first-order valence-corrected chi connectivity index (χ1v) is 8.50. The van der Waals surface area contributed by atoms with E-state index in [1.165, 1.54) is 12.3 Å². The minimum Gasteiger partial charge on any atom is -0.468 e. The number of benzene rings is 1. The fourth-order valence-electron chi connectivity index (χ4n) is 2.47. The Hall–Kier alpha value is -2.87. The Bertz CT molecular complexity index is 985. The number of hydrogen-bond donors (Lipinski definition) is 0. The van der Waals surface area contributed by atoms with Gasteiger partial charge < -0.3 is 9.26 Å². The van der Waals surface area contributed by atoms with Crippen molar-refractivity contribution in [3.8, 4) is 17.0 Å². The lowest BCUT2D eigenvalue weighted by molar-refractivity contribution is -0.154. The van der Waals surface area contributed by atoms with Gasteiger partial charge in [-0.15, -0.1) is 0 Å². The van der Waals surface area contributed by atoms with E-state index >= 15 is 0 Å². The van der Waals surface area contributed by atoms with Gasteiger partial charge in [-0.05, 0) is 36.2 Å². The predicted molar refractivity (Wildman–Crippen MR) is 95.5 cm³/mol. The summed E-state index contributed by atoms with van der Waals surface area (Å²) in [6, 6.07) is 9.53. The number of alkyl halides is 3. The zero-order valence-corrected chi connectivity index (χ0v) is 15.3. The van der Waals surface area contributed by atoms with Crippen LogP contribution in [-0.4, -0.2) is 28.7 Å². The van der Waals surface area contributed by atoms with E-state index in [0.29, 0.717) is 27.5 Å². The molecule has 28 heavy (non-hydrogen) atoms. The van der Waals surface area contributed by atoms with Gasteiger partial charge in [-0.2, -0.15) is 13.2 Å². The molecule has 0 saturated carbocycles. The van der Waals surface area contributed by atoms with Crippen LogP contribution in [0.2, 0.25) is 5.02 Å². The van der Waals surface area contributed by atoms with Gasteiger partial charge in [0.25, 0.3) is 0 Å². The molecule has 0 amide bonds. The van der Waals surface area contributed by atoms with Crippen molar-refractivity contribution in [3.63, 3.8) is 0 Å². The molecule has 0 saturated heterocycles. The highest BCUT2D eigenvalue weighted by Crippen LogP contribution is 2.31. The molecule has 0 aliphatic rings. The highest BCUT2D eigenvalue weighted by molar-refractivity contribution is 6.30. The average molecular weight is 411 g/mol. The molecule has 1 aromatic carbocycles. The number of ketones is 1. The molecule has 0 unspecified atom stereocenters. The Labute approximate surface area is 163 Å². The molecule has 0 fully saturated rings. The van der Waals surface area contributed by atoms with Crippen molar-refractivity contribution in [2.75, 3.05) is 6.61 Å². The van der Waals surface area contributed by atoms with E-state index in [-0.39, 0.29) is 23.8 Å². The van der Waals surface area contributed by atoms with E-state index in [4.69, 9.17) is 20.9 Å². The molecule has 0 bridgehead atoms. The van der Waals surface area contributed by atoms with Gasteiger partial charge in [0.15, 0.2) is 12.4 Å². The van der Waals surface area contributed by atoms with E-state index in [0.717, 1.165) is 0 Å². The van der Waals surface area contributed by atoms with Crippen molar-refractivity contribution < 1.29 is 27.2 Å². The Morgan fingerprint density at radius 3 is 2.54 bits per heavy atom. The Balaban J connectivity index is 1.91. The molecule has 0 aliphatic heterocycles. The van der Waals surface area contributed by atoms with Crippen LogP contribution in [0.1, 0.15) is 21.8 Å². The normalized spacial score (nSPS) is 11.5. The fourth-order valence-corrected chi connectivity index (χ4v) is 2.59. The number of carbonyl (C=O) groups excluding carboxylic acids is 1. The van der Waals surface area contributed by atoms with Crippen molar-refractivity contribution >= 4 is 17.4 Å². The highest BCUT2D eigenvalue weighted by atomic mass is 35.5.